The van der Waals surface area contributed by atoms with Gasteiger partial charge in [-0.05, 0) is 30.7 Å². The van der Waals surface area contributed by atoms with Gasteiger partial charge in [-0.15, -0.1) is 35.0 Å². The Labute approximate surface area is 115 Å². The zero-order chi connectivity index (χ0) is 12.5. The van der Waals surface area contributed by atoms with E-state index in [0.717, 1.165) is 22.8 Å². The first-order valence-electron chi connectivity index (χ1n) is 5.35. The molecule has 1 aliphatic rings. The Kier molecular flexibility index (Phi) is 3.91. The van der Waals surface area contributed by atoms with Crippen molar-refractivity contribution < 1.29 is 4.79 Å². The van der Waals surface area contributed by atoms with Gasteiger partial charge in [0.05, 0.1) is 0 Å². The van der Waals surface area contributed by atoms with Gasteiger partial charge in [0.25, 0.3) is 0 Å². The lowest BCUT2D eigenvalue weighted by Crippen LogP contribution is -2.05. The standard InChI is InChI=1S/C12H13Cl2NOS/c1-8(16)15-10-2-4-11(5-3-10)17-7-9-6-12(9,13)14/h2-5,9H,6-7H2,1H3,(H,15,16)/t9-/m0/s1. The number of hydrogen-bond donors (Lipinski definition) is 1. The summed E-state index contributed by atoms with van der Waals surface area (Å²) in [6.45, 7) is 1.50. The molecule has 1 aromatic rings. The van der Waals surface area contributed by atoms with Crippen LogP contribution >= 0.6 is 35.0 Å². The van der Waals surface area contributed by atoms with Crippen LogP contribution in [0.15, 0.2) is 29.2 Å². The Morgan fingerprint density at radius 2 is 2.06 bits per heavy atom. The summed E-state index contributed by atoms with van der Waals surface area (Å²) in [5.74, 6) is 1.27. The van der Waals surface area contributed by atoms with Crippen molar-refractivity contribution in [2.75, 3.05) is 11.1 Å². The van der Waals surface area contributed by atoms with Crippen LogP contribution in [0.1, 0.15) is 13.3 Å². The molecule has 0 spiro atoms. The first kappa shape index (κ1) is 13.1. The number of benzene rings is 1. The molecule has 0 aliphatic heterocycles. The van der Waals surface area contributed by atoms with E-state index < -0.39 is 4.33 Å². The summed E-state index contributed by atoms with van der Waals surface area (Å²) in [4.78, 5) is 12.0. The molecule has 1 fully saturated rings. The molecule has 1 aliphatic carbocycles. The predicted octanol–water partition coefficient (Wildman–Crippen LogP) is 3.93. The van der Waals surface area contributed by atoms with Gasteiger partial charge >= 0.3 is 0 Å². The number of anilines is 1. The largest absolute Gasteiger partial charge is 0.326 e. The SMILES string of the molecule is CC(=O)Nc1ccc(SC[C@@H]2CC2(Cl)Cl)cc1. The molecule has 0 unspecified atom stereocenters. The van der Waals surface area contributed by atoms with Gasteiger partial charge in [0, 0.05) is 29.2 Å². The highest BCUT2D eigenvalue weighted by molar-refractivity contribution is 7.99. The number of halogens is 2. The summed E-state index contributed by atoms with van der Waals surface area (Å²) in [7, 11) is 0. The summed E-state index contributed by atoms with van der Waals surface area (Å²) >= 11 is 13.7. The molecule has 0 radical (unpaired) electrons. The lowest BCUT2D eigenvalue weighted by Gasteiger charge is -2.04. The summed E-state index contributed by atoms with van der Waals surface area (Å²) < 4.78 is -0.497. The molecular formula is C12H13Cl2NOS. The monoisotopic (exact) mass is 289 g/mol. The molecule has 1 saturated carbocycles. The van der Waals surface area contributed by atoms with E-state index >= 15 is 0 Å². The van der Waals surface area contributed by atoms with Crippen molar-refractivity contribution in [3.63, 3.8) is 0 Å². The summed E-state index contributed by atoms with van der Waals surface area (Å²) in [6, 6.07) is 7.77. The molecule has 0 saturated heterocycles. The van der Waals surface area contributed by atoms with Gasteiger partial charge in [-0.1, -0.05) is 0 Å². The van der Waals surface area contributed by atoms with E-state index in [1.807, 2.05) is 24.3 Å². The second-order valence-electron chi connectivity index (χ2n) is 4.18. The molecular weight excluding hydrogens is 277 g/mol. The summed E-state index contributed by atoms with van der Waals surface area (Å²) in [5.41, 5.74) is 0.817. The number of rotatable bonds is 4. The molecule has 1 atom stereocenters. The number of carbonyl (C=O) groups excluding carboxylic acids is 1. The van der Waals surface area contributed by atoms with Crippen LogP contribution in [-0.4, -0.2) is 16.0 Å². The molecule has 0 heterocycles. The maximum absolute atomic E-state index is 10.8. The van der Waals surface area contributed by atoms with Crippen LogP contribution in [-0.2, 0) is 4.79 Å². The molecule has 1 aromatic carbocycles. The van der Waals surface area contributed by atoms with Gasteiger partial charge in [0.2, 0.25) is 5.91 Å². The lowest BCUT2D eigenvalue weighted by atomic mass is 10.3. The Morgan fingerprint density at radius 1 is 1.47 bits per heavy atom. The smallest absolute Gasteiger partial charge is 0.221 e. The van der Waals surface area contributed by atoms with E-state index in [4.69, 9.17) is 23.2 Å². The third-order valence-corrected chi connectivity index (χ3v) is 4.68. The number of thioether (sulfide) groups is 1. The second kappa shape index (κ2) is 5.09. The third kappa shape index (κ3) is 3.80. The van der Waals surface area contributed by atoms with Crippen molar-refractivity contribution in [3.05, 3.63) is 24.3 Å². The fourth-order valence-corrected chi connectivity index (χ4v) is 3.32. The molecule has 1 amide bonds. The van der Waals surface area contributed by atoms with Gasteiger partial charge in [0.1, 0.15) is 4.33 Å². The molecule has 17 heavy (non-hydrogen) atoms. The molecule has 1 N–H and O–H groups in total. The topological polar surface area (TPSA) is 29.1 Å². The Morgan fingerprint density at radius 3 is 2.53 bits per heavy atom. The fraction of sp³-hybridized carbons (Fsp3) is 0.417. The van der Waals surface area contributed by atoms with Crippen molar-refractivity contribution in [2.45, 2.75) is 22.6 Å². The molecule has 2 rings (SSSR count). The molecule has 92 valence electrons. The zero-order valence-electron chi connectivity index (χ0n) is 9.37. The lowest BCUT2D eigenvalue weighted by molar-refractivity contribution is -0.114. The van der Waals surface area contributed by atoms with E-state index in [0.29, 0.717) is 5.92 Å². The predicted molar refractivity (Wildman–Crippen MR) is 74.0 cm³/mol. The van der Waals surface area contributed by atoms with E-state index in [9.17, 15) is 4.79 Å². The average molecular weight is 290 g/mol. The number of alkyl halides is 2. The molecule has 2 nitrogen and oxygen atoms in total. The van der Waals surface area contributed by atoms with Crippen LogP contribution in [0.2, 0.25) is 0 Å². The number of hydrogen-bond acceptors (Lipinski definition) is 2. The fourth-order valence-electron chi connectivity index (χ4n) is 1.49. The van der Waals surface area contributed by atoms with Gasteiger partial charge < -0.3 is 5.32 Å². The minimum atomic E-state index is -0.497. The van der Waals surface area contributed by atoms with Crippen molar-refractivity contribution in [2.24, 2.45) is 5.92 Å². The first-order valence-corrected chi connectivity index (χ1v) is 7.10. The van der Waals surface area contributed by atoms with Crippen LogP contribution < -0.4 is 5.32 Å². The minimum absolute atomic E-state index is 0.0579. The highest BCUT2D eigenvalue weighted by atomic mass is 35.5. The van der Waals surface area contributed by atoms with Crippen LogP contribution in [0.5, 0.6) is 0 Å². The molecule has 0 bridgehead atoms. The Bertz CT molecular complexity index is 419. The summed E-state index contributed by atoms with van der Waals surface area (Å²) in [5, 5.41) is 2.73. The van der Waals surface area contributed by atoms with Gasteiger partial charge in [-0.25, -0.2) is 0 Å². The van der Waals surface area contributed by atoms with E-state index in [1.54, 1.807) is 11.8 Å². The molecule has 5 heteroatoms. The maximum Gasteiger partial charge on any atom is 0.221 e. The van der Waals surface area contributed by atoms with Crippen molar-refractivity contribution >= 4 is 46.6 Å². The van der Waals surface area contributed by atoms with E-state index in [2.05, 4.69) is 5.32 Å². The van der Waals surface area contributed by atoms with Crippen molar-refractivity contribution in [3.8, 4) is 0 Å². The minimum Gasteiger partial charge on any atom is -0.326 e. The quantitative estimate of drug-likeness (QED) is 0.672. The van der Waals surface area contributed by atoms with Crippen LogP contribution in [0.3, 0.4) is 0 Å². The van der Waals surface area contributed by atoms with Crippen LogP contribution in [0, 0.1) is 5.92 Å². The van der Waals surface area contributed by atoms with Crippen molar-refractivity contribution in [1.82, 2.24) is 0 Å². The number of amides is 1. The van der Waals surface area contributed by atoms with Crippen LogP contribution in [0.25, 0.3) is 0 Å². The molecule has 0 aromatic heterocycles. The summed E-state index contributed by atoms with van der Waals surface area (Å²) in [6.07, 6.45) is 0.882. The zero-order valence-corrected chi connectivity index (χ0v) is 11.7. The normalized spacial score (nSPS) is 21.0. The van der Waals surface area contributed by atoms with E-state index in [-0.39, 0.29) is 5.91 Å². The van der Waals surface area contributed by atoms with Gasteiger partial charge in [-0.2, -0.15) is 0 Å². The highest BCUT2D eigenvalue weighted by Gasteiger charge is 2.51. The highest BCUT2D eigenvalue weighted by Crippen LogP contribution is 2.54. The van der Waals surface area contributed by atoms with E-state index in [1.165, 1.54) is 6.92 Å². The third-order valence-electron chi connectivity index (χ3n) is 2.58. The Hall–Kier alpha value is -0.380. The van der Waals surface area contributed by atoms with Crippen molar-refractivity contribution in [1.29, 1.82) is 0 Å². The first-order chi connectivity index (χ1) is 7.97. The van der Waals surface area contributed by atoms with Gasteiger partial charge in [0.15, 0.2) is 0 Å². The van der Waals surface area contributed by atoms with Crippen LogP contribution in [0.4, 0.5) is 5.69 Å². The maximum atomic E-state index is 10.8. The average Bonchev–Trinajstić information content (AvgIpc) is 2.85. The number of carbonyl (C=O) groups is 1. The Balaban J connectivity index is 1.84. The number of nitrogens with one attached hydrogen (secondary N) is 1. The second-order valence-corrected chi connectivity index (χ2v) is 6.81. The van der Waals surface area contributed by atoms with Gasteiger partial charge in [-0.3, -0.25) is 4.79 Å².